The highest BCUT2D eigenvalue weighted by atomic mass is 19.4. The second-order valence-corrected chi connectivity index (χ2v) is 3.87. The summed E-state index contributed by atoms with van der Waals surface area (Å²) in [6, 6.07) is 0.623. The zero-order valence-corrected chi connectivity index (χ0v) is 9.98. The van der Waals surface area contributed by atoms with Crippen molar-refractivity contribution in [2.24, 2.45) is 5.10 Å². The van der Waals surface area contributed by atoms with Gasteiger partial charge in [-0.2, -0.15) is 35.8 Å². The monoisotopic (exact) mass is 302 g/mol. The molecule has 0 radical (unpaired) electrons. The molecule has 1 N–H and O–H groups in total. The van der Waals surface area contributed by atoms with Gasteiger partial charge in [0.25, 0.3) is 0 Å². The van der Waals surface area contributed by atoms with E-state index in [0.29, 0.717) is 16.6 Å². The summed E-state index contributed by atoms with van der Waals surface area (Å²) in [6.07, 6.45) is -5.66. The molecule has 0 saturated carbocycles. The van der Waals surface area contributed by atoms with Crippen LogP contribution in [-0.4, -0.2) is 24.4 Å². The van der Waals surface area contributed by atoms with E-state index in [0.717, 1.165) is 6.21 Å². The number of hydrogen-bond acceptors (Lipinski definition) is 2. The van der Waals surface area contributed by atoms with Crippen LogP contribution in [-0.2, 0) is 0 Å². The van der Waals surface area contributed by atoms with Crippen LogP contribution < -0.4 is 5.43 Å². The maximum atomic E-state index is 12.8. The van der Waals surface area contributed by atoms with Gasteiger partial charge in [0.2, 0.25) is 0 Å². The molecule has 0 amide bonds. The van der Waals surface area contributed by atoms with Crippen LogP contribution in [0.1, 0.15) is 11.1 Å². The van der Waals surface area contributed by atoms with E-state index in [2.05, 4.69) is 5.10 Å². The van der Waals surface area contributed by atoms with Crippen molar-refractivity contribution in [2.45, 2.75) is 25.1 Å². The summed E-state index contributed by atoms with van der Waals surface area (Å²) in [5.74, 6) is -6.23. The minimum Gasteiger partial charge on any atom is -0.242 e. The fourth-order valence-corrected chi connectivity index (χ4v) is 1.16. The van der Waals surface area contributed by atoms with Crippen molar-refractivity contribution in [1.82, 2.24) is 5.43 Å². The lowest BCUT2D eigenvalue weighted by Gasteiger charge is -2.27. The number of halogens is 7. The van der Waals surface area contributed by atoms with E-state index in [1.807, 2.05) is 0 Å². The van der Waals surface area contributed by atoms with Crippen molar-refractivity contribution in [3.63, 3.8) is 0 Å². The molecule has 0 aliphatic rings. The van der Waals surface area contributed by atoms with Crippen LogP contribution in [0.2, 0.25) is 0 Å². The Morgan fingerprint density at radius 2 is 1.55 bits per heavy atom. The molecule has 20 heavy (non-hydrogen) atoms. The number of alkyl halides is 7. The van der Waals surface area contributed by atoms with E-state index in [4.69, 9.17) is 0 Å². The molecule has 0 aromatic heterocycles. The summed E-state index contributed by atoms with van der Waals surface area (Å²) in [7, 11) is 0. The Labute approximate surface area is 109 Å². The Morgan fingerprint density at radius 1 is 1.00 bits per heavy atom. The highest BCUT2D eigenvalue weighted by molar-refractivity contribution is 5.81. The molecule has 0 heterocycles. The largest absolute Gasteiger partial charge is 0.462 e. The van der Waals surface area contributed by atoms with Gasteiger partial charge in [0.05, 0.1) is 6.21 Å². The molecular formula is C11H9F7N2. The van der Waals surface area contributed by atoms with Gasteiger partial charge in [-0.1, -0.05) is 24.3 Å². The van der Waals surface area contributed by atoms with Crippen LogP contribution >= 0.6 is 0 Å². The Kier molecular flexibility index (Phi) is 4.30. The summed E-state index contributed by atoms with van der Waals surface area (Å²) in [4.78, 5) is 0. The molecule has 0 atom stereocenters. The minimum absolute atomic E-state index is 0.297. The highest BCUT2D eigenvalue weighted by Crippen LogP contribution is 2.44. The number of hydrazone groups is 1. The highest BCUT2D eigenvalue weighted by Gasteiger charge is 2.73. The SMILES string of the molecule is Cc1ccccc1/C=N/NC(F)(F)C(F)(F)C(F)(F)F. The molecule has 1 rings (SSSR count). The van der Waals surface area contributed by atoms with Gasteiger partial charge < -0.3 is 0 Å². The number of benzene rings is 1. The third kappa shape index (κ3) is 3.20. The Hall–Kier alpha value is -1.80. The Balaban J connectivity index is 2.86. The molecule has 9 heteroatoms. The van der Waals surface area contributed by atoms with E-state index >= 15 is 0 Å². The van der Waals surface area contributed by atoms with E-state index < -0.39 is 18.1 Å². The second kappa shape index (κ2) is 5.29. The second-order valence-electron chi connectivity index (χ2n) is 3.87. The molecule has 0 saturated heterocycles. The first-order valence-electron chi connectivity index (χ1n) is 5.17. The molecule has 0 unspecified atom stereocenters. The first kappa shape index (κ1) is 16.3. The van der Waals surface area contributed by atoms with Crippen molar-refractivity contribution in [1.29, 1.82) is 0 Å². The first-order valence-corrected chi connectivity index (χ1v) is 5.17. The summed E-state index contributed by atoms with van der Waals surface area (Å²) >= 11 is 0. The standard InChI is InChI=1S/C11H9F7N2/c1-7-4-2-3-5-8(7)6-19-20-11(17,18)9(12,13)10(14,15)16/h2-6,20H,1H3/b19-6+. The van der Waals surface area contributed by atoms with Crippen molar-refractivity contribution in [3.8, 4) is 0 Å². The minimum atomic E-state index is -6.39. The summed E-state index contributed by atoms with van der Waals surface area (Å²) in [6.45, 7) is 1.59. The van der Waals surface area contributed by atoms with Gasteiger partial charge >= 0.3 is 18.1 Å². The van der Waals surface area contributed by atoms with Crippen molar-refractivity contribution in [2.75, 3.05) is 0 Å². The molecule has 2 nitrogen and oxygen atoms in total. The predicted molar refractivity (Wildman–Crippen MR) is 57.9 cm³/mol. The van der Waals surface area contributed by atoms with Gasteiger partial charge in [0, 0.05) is 0 Å². The van der Waals surface area contributed by atoms with Gasteiger partial charge in [-0.25, -0.2) is 5.43 Å². The third-order valence-corrected chi connectivity index (χ3v) is 2.35. The number of aryl methyl sites for hydroxylation is 1. The van der Waals surface area contributed by atoms with E-state index in [-0.39, 0.29) is 0 Å². The molecule has 1 aromatic carbocycles. The van der Waals surface area contributed by atoms with Crippen LogP contribution in [0.4, 0.5) is 30.7 Å². The zero-order valence-electron chi connectivity index (χ0n) is 9.98. The summed E-state index contributed by atoms with van der Waals surface area (Å²) in [5, 5.41) is 2.75. The summed E-state index contributed by atoms with van der Waals surface area (Å²) in [5.41, 5.74) is 1.43. The Morgan fingerprint density at radius 3 is 2.05 bits per heavy atom. The zero-order chi connectivity index (χ0) is 15.6. The first-order chi connectivity index (χ1) is 8.99. The fraction of sp³-hybridized carbons (Fsp3) is 0.364. The molecule has 0 fully saturated rings. The van der Waals surface area contributed by atoms with Crippen molar-refractivity contribution < 1.29 is 30.7 Å². The quantitative estimate of drug-likeness (QED) is 0.390. The number of nitrogens with zero attached hydrogens (tertiary/aromatic N) is 1. The average molecular weight is 302 g/mol. The van der Waals surface area contributed by atoms with E-state index in [1.165, 1.54) is 12.1 Å². The number of nitrogens with one attached hydrogen (secondary N) is 1. The Bertz CT molecular complexity index is 494. The smallest absolute Gasteiger partial charge is 0.242 e. The fourth-order valence-electron chi connectivity index (χ4n) is 1.16. The number of rotatable bonds is 4. The van der Waals surface area contributed by atoms with E-state index in [1.54, 1.807) is 19.1 Å². The molecule has 0 aliphatic carbocycles. The van der Waals surface area contributed by atoms with Gasteiger partial charge in [-0.15, -0.1) is 0 Å². The summed E-state index contributed by atoms with van der Waals surface area (Å²) < 4.78 is 86.1. The van der Waals surface area contributed by atoms with Gasteiger partial charge in [0.15, 0.2) is 0 Å². The molecular weight excluding hydrogens is 293 g/mol. The van der Waals surface area contributed by atoms with Gasteiger partial charge in [0.1, 0.15) is 0 Å². The van der Waals surface area contributed by atoms with Crippen LogP contribution in [0.25, 0.3) is 0 Å². The lowest BCUT2D eigenvalue weighted by atomic mass is 10.1. The van der Waals surface area contributed by atoms with Crippen molar-refractivity contribution >= 4 is 6.21 Å². The molecule has 0 spiro atoms. The molecule has 0 aliphatic heterocycles. The average Bonchev–Trinajstić information content (AvgIpc) is 2.29. The normalized spacial score (nSPS) is 13.8. The lowest BCUT2D eigenvalue weighted by molar-refractivity contribution is -0.361. The number of hydrogen-bond donors (Lipinski definition) is 1. The topological polar surface area (TPSA) is 24.4 Å². The molecule has 112 valence electrons. The van der Waals surface area contributed by atoms with Crippen LogP contribution in [0.3, 0.4) is 0 Å². The third-order valence-electron chi connectivity index (χ3n) is 2.35. The molecule has 1 aromatic rings. The molecule has 0 bridgehead atoms. The predicted octanol–water partition coefficient (Wildman–Crippen LogP) is 3.71. The van der Waals surface area contributed by atoms with Crippen LogP contribution in [0.5, 0.6) is 0 Å². The van der Waals surface area contributed by atoms with Crippen LogP contribution in [0, 0.1) is 6.92 Å². The maximum absolute atomic E-state index is 12.8. The van der Waals surface area contributed by atoms with Gasteiger partial charge in [-0.3, -0.25) is 0 Å². The van der Waals surface area contributed by atoms with Crippen molar-refractivity contribution in [3.05, 3.63) is 35.4 Å². The van der Waals surface area contributed by atoms with Crippen LogP contribution in [0.15, 0.2) is 29.4 Å². The van der Waals surface area contributed by atoms with Gasteiger partial charge in [-0.05, 0) is 18.1 Å². The van der Waals surface area contributed by atoms with E-state index in [9.17, 15) is 30.7 Å². The lowest BCUT2D eigenvalue weighted by Crippen LogP contribution is -2.58. The maximum Gasteiger partial charge on any atom is 0.462 e.